The highest BCUT2D eigenvalue weighted by atomic mass is 16.5. The number of nitrogens with zero attached hydrogens (tertiary/aromatic N) is 4. The van der Waals surface area contributed by atoms with Crippen LogP contribution in [-0.4, -0.2) is 87.0 Å². The number of rotatable bonds is 14. The third-order valence-corrected chi connectivity index (χ3v) is 7.58. The molecule has 3 heterocycles. The van der Waals surface area contributed by atoms with Gasteiger partial charge in [-0.3, -0.25) is 4.90 Å². The van der Waals surface area contributed by atoms with Crippen molar-refractivity contribution in [3.8, 4) is 11.4 Å². The molecular weight excluding hydrogens is 524 g/mol. The van der Waals surface area contributed by atoms with E-state index in [-0.39, 0.29) is 6.10 Å². The van der Waals surface area contributed by atoms with Gasteiger partial charge in [0, 0.05) is 69.0 Å². The van der Waals surface area contributed by atoms with E-state index in [9.17, 15) is 0 Å². The minimum absolute atomic E-state index is 0.105. The van der Waals surface area contributed by atoms with Crippen molar-refractivity contribution in [2.45, 2.75) is 66.6 Å². The van der Waals surface area contributed by atoms with Crippen LogP contribution in [-0.2, 0) is 22.5 Å². The van der Waals surface area contributed by atoms with Gasteiger partial charge in [0.25, 0.3) is 0 Å². The maximum Gasteiger partial charge on any atom is 0.161 e. The molecule has 0 spiro atoms. The summed E-state index contributed by atoms with van der Waals surface area (Å²) in [5.74, 6) is 1.63. The molecule has 0 amide bonds. The Morgan fingerprint density at radius 2 is 1.95 bits per heavy atom. The third kappa shape index (κ3) is 9.90. The molecule has 2 aliphatic heterocycles. The molecule has 2 N–H and O–H groups in total. The van der Waals surface area contributed by atoms with Crippen molar-refractivity contribution in [3.63, 3.8) is 0 Å². The number of likely N-dealkylation sites (N-methyl/N-ethyl adjacent to an activating group) is 2. The van der Waals surface area contributed by atoms with Crippen molar-refractivity contribution >= 4 is 11.5 Å². The van der Waals surface area contributed by atoms with E-state index in [1.54, 1.807) is 0 Å². The van der Waals surface area contributed by atoms with Crippen LogP contribution in [0.25, 0.3) is 11.4 Å². The zero-order chi connectivity index (χ0) is 30.2. The second-order valence-corrected chi connectivity index (χ2v) is 10.5. The van der Waals surface area contributed by atoms with Crippen LogP contribution in [0.1, 0.15) is 58.7 Å². The Hall–Kier alpha value is -2.78. The molecule has 232 valence electrons. The maximum atomic E-state index is 6.16. The van der Waals surface area contributed by atoms with Gasteiger partial charge in [-0.15, -0.1) is 0 Å². The summed E-state index contributed by atoms with van der Waals surface area (Å²) in [6.07, 6.45) is 9.75. The minimum Gasteiger partial charge on any atom is -0.376 e. The zero-order valence-electron chi connectivity index (χ0n) is 26.9. The summed E-state index contributed by atoms with van der Waals surface area (Å²) in [6, 6.07) is 8.63. The maximum absolute atomic E-state index is 6.16. The van der Waals surface area contributed by atoms with Crippen molar-refractivity contribution in [2.75, 3.05) is 76.3 Å². The fourth-order valence-electron chi connectivity index (χ4n) is 5.36. The molecule has 2 aliphatic rings. The van der Waals surface area contributed by atoms with Crippen LogP contribution in [0.4, 0.5) is 11.5 Å². The van der Waals surface area contributed by atoms with Crippen LogP contribution in [0.15, 0.2) is 48.1 Å². The van der Waals surface area contributed by atoms with E-state index in [4.69, 9.17) is 19.4 Å². The molecule has 2 aromatic rings. The van der Waals surface area contributed by atoms with E-state index >= 15 is 0 Å². The summed E-state index contributed by atoms with van der Waals surface area (Å²) in [5, 5.41) is 6.86. The van der Waals surface area contributed by atoms with Gasteiger partial charge in [0.15, 0.2) is 5.82 Å². The molecule has 1 aromatic carbocycles. The normalized spacial score (nSPS) is 17.5. The van der Waals surface area contributed by atoms with E-state index in [2.05, 4.69) is 83.7 Å². The Kier molecular flexibility index (Phi) is 15.0. The standard InChI is InChI=1S/C32H48N6O2.C2H6/c1-5-8-10-25(9-6-2)22-37-18-20-40-28(23-37)21-34-32-29-24-39-19-15-30(29)35-31(36-32)26-11-13-27(14-12-26)38(7-3)17-16-33-4;1-2/h5,8-9,11-14,28,33H,6-7,10,15-24H2,1-4H3,(H,34,35,36);1-2H3/b8-5-,25-9+;. The second-order valence-electron chi connectivity index (χ2n) is 10.5. The number of morpholine rings is 1. The van der Waals surface area contributed by atoms with Crippen LogP contribution in [0.2, 0.25) is 0 Å². The number of fused-ring (bicyclic) bond motifs is 1. The number of hydrogen-bond donors (Lipinski definition) is 2. The van der Waals surface area contributed by atoms with Gasteiger partial charge in [-0.1, -0.05) is 44.6 Å². The molecule has 1 unspecified atom stereocenters. The van der Waals surface area contributed by atoms with Gasteiger partial charge in [-0.05, 0) is 58.0 Å². The first-order chi connectivity index (χ1) is 20.6. The summed E-state index contributed by atoms with van der Waals surface area (Å²) in [4.78, 5) is 14.8. The molecule has 1 atom stereocenters. The summed E-state index contributed by atoms with van der Waals surface area (Å²) in [6.45, 7) is 19.0. The number of allylic oxidation sites excluding steroid dienone is 3. The minimum atomic E-state index is 0.105. The van der Waals surface area contributed by atoms with Gasteiger partial charge in [0.2, 0.25) is 0 Å². The smallest absolute Gasteiger partial charge is 0.161 e. The Labute approximate surface area is 254 Å². The number of hydrogen-bond acceptors (Lipinski definition) is 8. The second kappa shape index (κ2) is 18.7. The fourth-order valence-corrected chi connectivity index (χ4v) is 5.36. The quantitative estimate of drug-likeness (QED) is 0.277. The average Bonchev–Trinajstić information content (AvgIpc) is 3.04. The third-order valence-electron chi connectivity index (χ3n) is 7.58. The van der Waals surface area contributed by atoms with Gasteiger partial charge in [0.05, 0.1) is 31.6 Å². The lowest BCUT2D eigenvalue weighted by Gasteiger charge is -2.34. The lowest BCUT2D eigenvalue weighted by molar-refractivity contribution is -0.0180. The Bertz CT molecular complexity index is 1120. The first-order valence-electron chi connectivity index (χ1n) is 16.0. The highest BCUT2D eigenvalue weighted by molar-refractivity contribution is 5.63. The summed E-state index contributed by atoms with van der Waals surface area (Å²) < 4.78 is 12.0. The van der Waals surface area contributed by atoms with Crippen molar-refractivity contribution in [2.24, 2.45) is 0 Å². The monoisotopic (exact) mass is 578 g/mol. The Morgan fingerprint density at radius 1 is 1.14 bits per heavy atom. The molecule has 8 heteroatoms. The largest absolute Gasteiger partial charge is 0.376 e. The molecule has 4 rings (SSSR count). The SMILES string of the molecule is C/C=C\C/C(=C\CC)CN1CCOC(CNc2nc(-c3ccc(N(CC)CCNC)cc3)nc3c2COCC3)C1.CC. The number of anilines is 2. The lowest BCUT2D eigenvalue weighted by atomic mass is 10.1. The lowest BCUT2D eigenvalue weighted by Crippen LogP contribution is -2.46. The van der Waals surface area contributed by atoms with Gasteiger partial charge in [-0.2, -0.15) is 0 Å². The van der Waals surface area contributed by atoms with Gasteiger partial charge < -0.3 is 25.0 Å². The molecule has 42 heavy (non-hydrogen) atoms. The van der Waals surface area contributed by atoms with E-state index < -0.39 is 0 Å². The van der Waals surface area contributed by atoms with Gasteiger partial charge >= 0.3 is 0 Å². The Balaban J connectivity index is 0.00000237. The summed E-state index contributed by atoms with van der Waals surface area (Å²) in [5.41, 5.74) is 5.88. The molecule has 1 aromatic heterocycles. The molecule has 0 saturated carbocycles. The molecule has 1 saturated heterocycles. The van der Waals surface area contributed by atoms with Gasteiger partial charge in [0.1, 0.15) is 5.82 Å². The van der Waals surface area contributed by atoms with E-state index in [1.165, 1.54) is 11.3 Å². The van der Waals surface area contributed by atoms with Crippen molar-refractivity contribution in [1.29, 1.82) is 0 Å². The first kappa shape index (κ1) is 33.7. The molecule has 0 aliphatic carbocycles. The molecule has 1 fully saturated rings. The van der Waals surface area contributed by atoms with Crippen LogP contribution >= 0.6 is 0 Å². The number of ether oxygens (including phenoxy) is 2. The average molecular weight is 579 g/mol. The summed E-state index contributed by atoms with van der Waals surface area (Å²) >= 11 is 0. The first-order valence-corrected chi connectivity index (χ1v) is 16.0. The topological polar surface area (TPSA) is 74.8 Å². The van der Waals surface area contributed by atoms with Crippen molar-refractivity contribution in [3.05, 3.63) is 59.3 Å². The number of benzene rings is 1. The predicted octanol–water partition coefficient (Wildman–Crippen LogP) is 5.70. The van der Waals surface area contributed by atoms with Crippen molar-refractivity contribution < 1.29 is 9.47 Å². The van der Waals surface area contributed by atoms with E-state index in [1.807, 2.05) is 20.9 Å². The Morgan fingerprint density at radius 3 is 2.67 bits per heavy atom. The van der Waals surface area contributed by atoms with E-state index in [0.29, 0.717) is 19.8 Å². The highest BCUT2D eigenvalue weighted by Crippen LogP contribution is 2.28. The molecule has 0 bridgehead atoms. The highest BCUT2D eigenvalue weighted by Gasteiger charge is 2.23. The number of aromatic nitrogens is 2. The van der Waals surface area contributed by atoms with E-state index in [0.717, 1.165) is 93.6 Å². The van der Waals surface area contributed by atoms with Gasteiger partial charge in [-0.25, -0.2) is 9.97 Å². The summed E-state index contributed by atoms with van der Waals surface area (Å²) in [7, 11) is 1.99. The van der Waals surface area contributed by atoms with Crippen LogP contribution in [0.3, 0.4) is 0 Å². The molecule has 8 nitrogen and oxygen atoms in total. The van der Waals surface area contributed by atoms with Crippen LogP contribution in [0, 0.1) is 0 Å². The van der Waals surface area contributed by atoms with Crippen LogP contribution < -0.4 is 15.5 Å². The van der Waals surface area contributed by atoms with Crippen molar-refractivity contribution in [1.82, 2.24) is 20.2 Å². The van der Waals surface area contributed by atoms with Crippen LogP contribution in [0.5, 0.6) is 0 Å². The predicted molar refractivity (Wildman–Crippen MR) is 176 cm³/mol. The molecular formula is C34H54N6O2. The molecule has 0 radical (unpaired) electrons. The fraction of sp³-hybridized carbons (Fsp3) is 0.588. The zero-order valence-corrected chi connectivity index (χ0v) is 26.9. The number of nitrogens with one attached hydrogen (secondary N) is 2.